The van der Waals surface area contributed by atoms with Crippen LogP contribution in [0.15, 0.2) is 71.8 Å². The molecule has 0 bridgehead atoms. The molecule has 3 rings (SSSR count). The SMILES string of the molecule is CCOc1ccc(C(=O)N/N=C/c2cc(I)c(OCc3ccccc3)c(I)c2)cc1. The molecule has 0 unspecified atom stereocenters. The molecule has 0 aliphatic heterocycles. The van der Waals surface area contributed by atoms with Gasteiger partial charge in [0.25, 0.3) is 5.91 Å². The number of hydrogen-bond acceptors (Lipinski definition) is 4. The quantitative estimate of drug-likeness (QED) is 0.200. The van der Waals surface area contributed by atoms with E-state index in [4.69, 9.17) is 9.47 Å². The van der Waals surface area contributed by atoms with Crippen molar-refractivity contribution in [3.05, 3.63) is 90.6 Å². The number of ether oxygens (including phenoxy) is 2. The van der Waals surface area contributed by atoms with E-state index in [1.165, 1.54) is 0 Å². The van der Waals surface area contributed by atoms with Crippen LogP contribution in [0.3, 0.4) is 0 Å². The minimum absolute atomic E-state index is 0.276. The van der Waals surface area contributed by atoms with Crippen LogP contribution in [0.2, 0.25) is 0 Å². The van der Waals surface area contributed by atoms with Gasteiger partial charge in [0.15, 0.2) is 0 Å². The van der Waals surface area contributed by atoms with Crippen LogP contribution in [-0.4, -0.2) is 18.7 Å². The number of amides is 1. The molecule has 0 spiro atoms. The maximum absolute atomic E-state index is 12.2. The lowest BCUT2D eigenvalue weighted by molar-refractivity contribution is 0.0955. The lowest BCUT2D eigenvalue weighted by atomic mass is 10.2. The van der Waals surface area contributed by atoms with Crippen LogP contribution < -0.4 is 14.9 Å². The minimum Gasteiger partial charge on any atom is -0.494 e. The Labute approximate surface area is 203 Å². The number of hydrogen-bond donors (Lipinski definition) is 1. The molecule has 0 saturated carbocycles. The van der Waals surface area contributed by atoms with Gasteiger partial charge in [-0.15, -0.1) is 0 Å². The molecular formula is C23H20I2N2O3. The van der Waals surface area contributed by atoms with Gasteiger partial charge in [-0.2, -0.15) is 5.10 Å². The third kappa shape index (κ3) is 6.43. The second kappa shape index (κ2) is 11.3. The van der Waals surface area contributed by atoms with Gasteiger partial charge in [0.05, 0.1) is 20.0 Å². The highest BCUT2D eigenvalue weighted by atomic mass is 127. The summed E-state index contributed by atoms with van der Waals surface area (Å²) in [6, 6.07) is 20.9. The number of benzene rings is 3. The first-order valence-corrected chi connectivity index (χ1v) is 11.4. The fraction of sp³-hybridized carbons (Fsp3) is 0.130. The Morgan fingerprint density at radius 2 is 1.67 bits per heavy atom. The molecule has 30 heavy (non-hydrogen) atoms. The maximum Gasteiger partial charge on any atom is 0.271 e. The lowest BCUT2D eigenvalue weighted by Gasteiger charge is -2.11. The molecule has 3 aromatic carbocycles. The molecule has 0 aliphatic carbocycles. The molecule has 0 saturated heterocycles. The molecule has 0 atom stereocenters. The molecule has 7 heteroatoms. The first-order valence-electron chi connectivity index (χ1n) is 9.29. The van der Waals surface area contributed by atoms with E-state index in [0.29, 0.717) is 18.8 Å². The fourth-order valence-corrected chi connectivity index (χ4v) is 4.75. The van der Waals surface area contributed by atoms with E-state index < -0.39 is 0 Å². The van der Waals surface area contributed by atoms with Crippen molar-refractivity contribution in [3.8, 4) is 11.5 Å². The van der Waals surface area contributed by atoms with Crippen LogP contribution >= 0.6 is 45.2 Å². The number of carbonyl (C=O) groups is 1. The van der Waals surface area contributed by atoms with E-state index in [9.17, 15) is 4.79 Å². The molecule has 0 aromatic heterocycles. The minimum atomic E-state index is -0.276. The highest BCUT2D eigenvalue weighted by molar-refractivity contribution is 14.1. The number of halogens is 2. The van der Waals surface area contributed by atoms with Gasteiger partial charge in [0.1, 0.15) is 18.1 Å². The van der Waals surface area contributed by atoms with Crippen LogP contribution in [0, 0.1) is 7.14 Å². The summed E-state index contributed by atoms with van der Waals surface area (Å²) in [6.07, 6.45) is 1.62. The smallest absolute Gasteiger partial charge is 0.271 e. The van der Waals surface area contributed by atoms with Gasteiger partial charge < -0.3 is 9.47 Å². The van der Waals surface area contributed by atoms with E-state index in [1.54, 1.807) is 30.5 Å². The van der Waals surface area contributed by atoms with Crippen LogP contribution in [-0.2, 0) is 6.61 Å². The van der Waals surface area contributed by atoms with Crippen LogP contribution in [0.1, 0.15) is 28.4 Å². The van der Waals surface area contributed by atoms with Gasteiger partial charge in [0, 0.05) is 5.56 Å². The van der Waals surface area contributed by atoms with Gasteiger partial charge >= 0.3 is 0 Å². The van der Waals surface area contributed by atoms with Crippen molar-refractivity contribution < 1.29 is 14.3 Å². The summed E-state index contributed by atoms with van der Waals surface area (Å²) in [5.74, 6) is 1.30. The molecule has 5 nitrogen and oxygen atoms in total. The average molecular weight is 626 g/mol. The zero-order valence-corrected chi connectivity index (χ0v) is 20.6. The van der Waals surface area contributed by atoms with Gasteiger partial charge in [0.2, 0.25) is 0 Å². The first kappa shape index (κ1) is 22.5. The molecule has 1 N–H and O–H groups in total. The van der Waals surface area contributed by atoms with Crippen molar-refractivity contribution >= 4 is 57.3 Å². The molecule has 154 valence electrons. The van der Waals surface area contributed by atoms with Crippen LogP contribution in [0.4, 0.5) is 0 Å². The zero-order valence-electron chi connectivity index (χ0n) is 16.3. The highest BCUT2D eigenvalue weighted by Crippen LogP contribution is 2.29. The number of nitrogens with one attached hydrogen (secondary N) is 1. The molecule has 0 aliphatic rings. The van der Waals surface area contributed by atoms with Crippen molar-refractivity contribution in [2.75, 3.05) is 6.61 Å². The zero-order chi connectivity index (χ0) is 21.3. The number of hydrazone groups is 1. The lowest BCUT2D eigenvalue weighted by Crippen LogP contribution is -2.17. The Hall–Kier alpha value is -2.14. The Kier molecular flexibility index (Phi) is 8.50. The summed E-state index contributed by atoms with van der Waals surface area (Å²) >= 11 is 4.50. The van der Waals surface area contributed by atoms with Crippen molar-refractivity contribution in [1.82, 2.24) is 5.43 Å². The maximum atomic E-state index is 12.2. The van der Waals surface area contributed by atoms with E-state index in [2.05, 4.69) is 55.7 Å². The van der Waals surface area contributed by atoms with Gasteiger partial charge in [-0.25, -0.2) is 5.43 Å². The van der Waals surface area contributed by atoms with Crippen molar-refractivity contribution in [3.63, 3.8) is 0 Å². The van der Waals surface area contributed by atoms with E-state index in [1.807, 2.05) is 49.4 Å². The summed E-state index contributed by atoms with van der Waals surface area (Å²) in [5, 5.41) is 4.08. The Morgan fingerprint density at radius 3 is 2.30 bits per heavy atom. The normalized spacial score (nSPS) is 10.8. The number of carbonyl (C=O) groups excluding carboxylic acids is 1. The molecule has 1 amide bonds. The predicted molar refractivity (Wildman–Crippen MR) is 135 cm³/mol. The molecular weight excluding hydrogens is 606 g/mol. The monoisotopic (exact) mass is 626 g/mol. The number of nitrogens with zero attached hydrogens (tertiary/aromatic N) is 1. The molecule has 0 radical (unpaired) electrons. The Bertz CT molecular complexity index is 999. The summed E-state index contributed by atoms with van der Waals surface area (Å²) in [5.41, 5.74) is 5.07. The standard InChI is InChI=1S/C23H20I2N2O3/c1-2-29-19-10-8-18(9-11-19)23(28)27-26-14-17-12-20(24)22(21(25)13-17)30-15-16-6-4-3-5-7-16/h3-14H,2,15H2,1H3,(H,27,28)/b26-14+. The summed E-state index contributed by atoms with van der Waals surface area (Å²) in [6.45, 7) is 3.02. The topological polar surface area (TPSA) is 59.9 Å². The van der Waals surface area contributed by atoms with Crippen molar-refractivity contribution in [2.45, 2.75) is 13.5 Å². The summed E-state index contributed by atoms with van der Waals surface area (Å²) in [7, 11) is 0. The van der Waals surface area contributed by atoms with Gasteiger partial charge in [-0.05, 0) is 99.6 Å². The van der Waals surface area contributed by atoms with Gasteiger partial charge in [-0.3, -0.25) is 4.79 Å². The van der Waals surface area contributed by atoms with E-state index >= 15 is 0 Å². The third-order valence-corrected chi connectivity index (χ3v) is 5.66. The van der Waals surface area contributed by atoms with Crippen molar-refractivity contribution in [2.24, 2.45) is 5.10 Å². The predicted octanol–water partition coefficient (Wildman–Crippen LogP) is 5.64. The van der Waals surface area contributed by atoms with E-state index in [0.717, 1.165) is 29.8 Å². The molecule has 0 heterocycles. The van der Waals surface area contributed by atoms with Gasteiger partial charge in [-0.1, -0.05) is 30.3 Å². The fourth-order valence-electron chi connectivity index (χ4n) is 2.62. The third-order valence-electron chi connectivity index (χ3n) is 4.05. The molecule has 3 aromatic rings. The van der Waals surface area contributed by atoms with E-state index in [-0.39, 0.29) is 5.91 Å². The Balaban J connectivity index is 1.60. The summed E-state index contributed by atoms with van der Waals surface area (Å²) < 4.78 is 13.3. The summed E-state index contributed by atoms with van der Waals surface area (Å²) in [4.78, 5) is 12.2. The second-order valence-corrected chi connectivity index (χ2v) is 8.57. The highest BCUT2D eigenvalue weighted by Gasteiger charge is 2.09. The number of rotatable bonds is 8. The Morgan fingerprint density at radius 1 is 1.00 bits per heavy atom. The average Bonchev–Trinajstić information content (AvgIpc) is 2.74. The largest absolute Gasteiger partial charge is 0.494 e. The van der Waals surface area contributed by atoms with Crippen molar-refractivity contribution in [1.29, 1.82) is 0 Å². The van der Waals surface area contributed by atoms with Crippen LogP contribution in [0.25, 0.3) is 0 Å². The second-order valence-electron chi connectivity index (χ2n) is 6.24. The first-order chi connectivity index (χ1) is 14.6. The molecule has 0 fully saturated rings. The van der Waals surface area contributed by atoms with Crippen LogP contribution in [0.5, 0.6) is 11.5 Å².